The molecule has 1 heterocycles. The Labute approximate surface area is 146 Å². The van der Waals surface area contributed by atoms with Gasteiger partial charge in [0.05, 0.1) is 29.1 Å². The van der Waals surface area contributed by atoms with E-state index in [0.717, 1.165) is 30.4 Å². The largest absolute Gasteiger partial charge is 0.240 e. The molecule has 0 spiro atoms. The number of hydrogen-bond acceptors (Lipinski definition) is 2. The molecule has 1 aliphatic rings. The van der Waals surface area contributed by atoms with Gasteiger partial charge in [0.25, 0.3) is 0 Å². The molecule has 0 bridgehead atoms. The van der Waals surface area contributed by atoms with Gasteiger partial charge in [-0.2, -0.15) is 10.4 Å². The zero-order valence-corrected chi connectivity index (χ0v) is 13.6. The lowest BCUT2D eigenvalue weighted by Crippen LogP contribution is -1.96. The van der Waals surface area contributed by atoms with Crippen LogP contribution in [0.5, 0.6) is 0 Å². The van der Waals surface area contributed by atoms with Crippen LogP contribution in [0.1, 0.15) is 30.4 Å². The Morgan fingerprint density at radius 2 is 2.00 bits per heavy atom. The van der Waals surface area contributed by atoms with E-state index in [1.807, 2.05) is 30.4 Å². The number of nitriles is 1. The van der Waals surface area contributed by atoms with Crippen LogP contribution in [0.25, 0.3) is 5.69 Å². The summed E-state index contributed by atoms with van der Waals surface area (Å²) in [6.07, 6.45) is 16.6. The SMILES string of the molecule is N#Cc1cc(F)cc(-n2cc(C#C/C3=C/C=C\C=C/CCC3)cn2)c1. The summed E-state index contributed by atoms with van der Waals surface area (Å²) in [4.78, 5) is 0. The highest BCUT2D eigenvalue weighted by molar-refractivity contribution is 5.44. The average Bonchev–Trinajstić information content (AvgIpc) is 3.13. The van der Waals surface area contributed by atoms with E-state index in [9.17, 15) is 4.39 Å². The van der Waals surface area contributed by atoms with Crippen molar-refractivity contribution in [2.24, 2.45) is 0 Å². The van der Waals surface area contributed by atoms with Crippen molar-refractivity contribution in [3.05, 3.63) is 83.5 Å². The molecule has 25 heavy (non-hydrogen) atoms. The fourth-order valence-electron chi connectivity index (χ4n) is 2.46. The maximum Gasteiger partial charge on any atom is 0.126 e. The summed E-state index contributed by atoms with van der Waals surface area (Å²) in [5.41, 5.74) is 2.57. The molecule has 0 atom stereocenters. The minimum Gasteiger partial charge on any atom is -0.240 e. The van der Waals surface area contributed by atoms with E-state index >= 15 is 0 Å². The molecule has 3 nitrogen and oxygen atoms in total. The number of aromatic nitrogens is 2. The van der Waals surface area contributed by atoms with Crippen molar-refractivity contribution >= 4 is 0 Å². The van der Waals surface area contributed by atoms with E-state index in [0.29, 0.717) is 5.69 Å². The van der Waals surface area contributed by atoms with Gasteiger partial charge in [-0.1, -0.05) is 42.2 Å². The zero-order chi connectivity index (χ0) is 17.5. The molecule has 0 saturated heterocycles. The molecule has 1 aromatic heterocycles. The number of nitrogens with zero attached hydrogens (tertiary/aromatic N) is 3. The van der Waals surface area contributed by atoms with Crippen LogP contribution in [0.4, 0.5) is 4.39 Å². The molecule has 0 radical (unpaired) electrons. The smallest absolute Gasteiger partial charge is 0.126 e. The molecule has 1 aliphatic carbocycles. The molecular formula is C21H16FN3. The van der Waals surface area contributed by atoms with Gasteiger partial charge in [-0.3, -0.25) is 0 Å². The standard InChI is InChI=1S/C21H16FN3/c22-20-11-19(14-23)12-21(13-20)25-16-18(15-24-25)10-9-17-7-5-3-1-2-4-6-8-17/h1-3,5,7,11-13,15-16H,4,6,8H2/b2-1-,5-3-,17-7+. The molecular weight excluding hydrogens is 313 g/mol. The number of rotatable bonds is 1. The third-order valence-corrected chi connectivity index (χ3v) is 3.70. The second kappa shape index (κ2) is 7.95. The van der Waals surface area contributed by atoms with Gasteiger partial charge in [-0.05, 0) is 37.5 Å². The summed E-state index contributed by atoms with van der Waals surface area (Å²) in [6.45, 7) is 0. The number of halogens is 1. The normalized spacial score (nSPS) is 18.3. The van der Waals surface area contributed by atoms with Crippen LogP contribution >= 0.6 is 0 Å². The topological polar surface area (TPSA) is 41.6 Å². The Bertz CT molecular complexity index is 959. The van der Waals surface area contributed by atoms with Crippen LogP contribution in [-0.2, 0) is 0 Å². The van der Waals surface area contributed by atoms with Gasteiger partial charge in [-0.25, -0.2) is 9.07 Å². The molecule has 0 N–H and O–H groups in total. The summed E-state index contributed by atoms with van der Waals surface area (Å²) in [5, 5.41) is 13.2. The third-order valence-electron chi connectivity index (χ3n) is 3.70. The van der Waals surface area contributed by atoms with E-state index < -0.39 is 5.82 Å². The van der Waals surface area contributed by atoms with E-state index in [-0.39, 0.29) is 5.56 Å². The minimum atomic E-state index is -0.465. The summed E-state index contributed by atoms with van der Waals surface area (Å²) >= 11 is 0. The van der Waals surface area contributed by atoms with E-state index in [2.05, 4.69) is 23.0 Å². The summed E-state index contributed by atoms with van der Waals surface area (Å²) in [5.74, 6) is 5.82. The first-order valence-corrected chi connectivity index (χ1v) is 8.05. The first-order valence-electron chi connectivity index (χ1n) is 8.05. The van der Waals surface area contributed by atoms with E-state index in [4.69, 9.17) is 5.26 Å². The van der Waals surface area contributed by atoms with Gasteiger partial charge in [0.2, 0.25) is 0 Å². The highest BCUT2D eigenvalue weighted by Gasteiger charge is 2.04. The average molecular weight is 329 g/mol. The Morgan fingerprint density at radius 1 is 1.08 bits per heavy atom. The van der Waals surface area contributed by atoms with Gasteiger partial charge >= 0.3 is 0 Å². The van der Waals surface area contributed by atoms with Crippen molar-refractivity contribution in [2.45, 2.75) is 19.3 Å². The molecule has 1 aromatic carbocycles. The van der Waals surface area contributed by atoms with Crippen LogP contribution in [-0.4, -0.2) is 9.78 Å². The molecule has 3 rings (SSSR count). The quantitative estimate of drug-likeness (QED) is 0.725. The van der Waals surface area contributed by atoms with Gasteiger partial charge in [-0.15, -0.1) is 0 Å². The monoisotopic (exact) mass is 329 g/mol. The first kappa shape index (κ1) is 16.5. The van der Waals surface area contributed by atoms with Crippen LogP contribution in [0.3, 0.4) is 0 Å². The molecule has 2 aromatic rings. The fourth-order valence-corrected chi connectivity index (χ4v) is 2.46. The van der Waals surface area contributed by atoms with Gasteiger partial charge in [0.1, 0.15) is 5.82 Å². The first-order chi connectivity index (χ1) is 12.2. The second-order valence-electron chi connectivity index (χ2n) is 5.63. The summed E-state index contributed by atoms with van der Waals surface area (Å²) in [7, 11) is 0. The Kier molecular flexibility index (Phi) is 5.24. The highest BCUT2D eigenvalue weighted by Crippen LogP contribution is 2.14. The van der Waals surface area contributed by atoms with Crippen molar-refractivity contribution in [3.8, 4) is 23.6 Å². The van der Waals surface area contributed by atoms with Gasteiger partial charge < -0.3 is 0 Å². The molecule has 4 heteroatoms. The van der Waals surface area contributed by atoms with Crippen LogP contribution in [0.2, 0.25) is 0 Å². The van der Waals surface area contributed by atoms with Gasteiger partial charge in [0, 0.05) is 11.8 Å². The maximum absolute atomic E-state index is 13.6. The summed E-state index contributed by atoms with van der Waals surface area (Å²) in [6, 6.07) is 6.06. The van der Waals surface area contributed by atoms with Crippen molar-refractivity contribution in [1.82, 2.24) is 9.78 Å². The van der Waals surface area contributed by atoms with Crippen molar-refractivity contribution in [3.63, 3.8) is 0 Å². The molecule has 0 amide bonds. The molecule has 0 saturated carbocycles. The molecule has 0 fully saturated rings. The maximum atomic E-state index is 13.6. The predicted octanol–water partition coefficient (Wildman–Crippen LogP) is 4.46. The van der Waals surface area contributed by atoms with Crippen LogP contribution < -0.4 is 0 Å². The highest BCUT2D eigenvalue weighted by atomic mass is 19.1. The number of hydrogen-bond donors (Lipinski definition) is 0. The Morgan fingerprint density at radius 3 is 2.88 bits per heavy atom. The second-order valence-corrected chi connectivity index (χ2v) is 5.63. The summed E-state index contributed by atoms with van der Waals surface area (Å²) < 4.78 is 15.1. The third kappa shape index (κ3) is 4.56. The lowest BCUT2D eigenvalue weighted by atomic mass is 10.1. The van der Waals surface area contributed by atoms with Crippen LogP contribution in [0.15, 0.2) is 66.5 Å². The Hall–Kier alpha value is -3.37. The lowest BCUT2D eigenvalue weighted by molar-refractivity contribution is 0.625. The molecule has 122 valence electrons. The number of benzene rings is 1. The molecule has 0 aliphatic heterocycles. The van der Waals surface area contributed by atoms with Crippen molar-refractivity contribution in [1.29, 1.82) is 5.26 Å². The van der Waals surface area contributed by atoms with Crippen molar-refractivity contribution < 1.29 is 4.39 Å². The van der Waals surface area contributed by atoms with E-state index in [1.54, 1.807) is 18.5 Å². The van der Waals surface area contributed by atoms with Crippen molar-refractivity contribution in [2.75, 3.05) is 0 Å². The van der Waals surface area contributed by atoms with Gasteiger partial charge in [0.15, 0.2) is 0 Å². The predicted molar refractivity (Wildman–Crippen MR) is 95.3 cm³/mol. The van der Waals surface area contributed by atoms with Crippen LogP contribution in [0, 0.1) is 29.0 Å². The minimum absolute atomic E-state index is 0.259. The van der Waals surface area contributed by atoms with E-state index in [1.165, 1.54) is 16.8 Å². The Balaban J connectivity index is 1.82. The zero-order valence-electron chi connectivity index (χ0n) is 13.6. The molecule has 0 unspecified atom stereocenters. The fraction of sp³-hybridized carbons (Fsp3) is 0.143. The lowest BCUT2D eigenvalue weighted by Gasteiger charge is -2.01. The number of allylic oxidation sites excluding steroid dienone is 6.